The Hall–Kier alpha value is -1.39. The first-order valence-corrected chi connectivity index (χ1v) is 7.17. The second-order valence-electron chi connectivity index (χ2n) is 4.20. The Bertz CT molecular complexity index is 514. The lowest BCUT2D eigenvalue weighted by Crippen LogP contribution is -2.14. The molecule has 0 radical (unpaired) electrons. The summed E-state index contributed by atoms with van der Waals surface area (Å²) in [4.78, 5) is 4.47. The van der Waals surface area contributed by atoms with Crippen LogP contribution >= 0.6 is 15.9 Å². The van der Waals surface area contributed by atoms with Gasteiger partial charge in [0.1, 0.15) is 5.75 Å². The van der Waals surface area contributed by atoms with E-state index in [0.29, 0.717) is 5.88 Å². The SMILES string of the molecule is CCCNCc1cccc(Oc2ccc(Br)cc2)n1. The van der Waals surface area contributed by atoms with Gasteiger partial charge in [-0.05, 0) is 43.3 Å². The van der Waals surface area contributed by atoms with Gasteiger partial charge in [-0.2, -0.15) is 0 Å². The number of rotatable bonds is 6. The van der Waals surface area contributed by atoms with Crippen molar-refractivity contribution >= 4 is 15.9 Å². The van der Waals surface area contributed by atoms with E-state index < -0.39 is 0 Å². The molecule has 0 saturated heterocycles. The van der Waals surface area contributed by atoms with E-state index in [-0.39, 0.29) is 0 Å². The third kappa shape index (κ3) is 4.65. The lowest BCUT2D eigenvalue weighted by Gasteiger charge is -2.07. The summed E-state index contributed by atoms with van der Waals surface area (Å²) in [6.07, 6.45) is 1.12. The standard InChI is InChI=1S/C15H17BrN2O/c1-2-10-17-11-13-4-3-5-15(18-13)19-14-8-6-12(16)7-9-14/h3-9,17H,2,10-11H2,1H3. The van der Waals surface area contributed by atoms with Crippen molar-refractivity contribution in [1.82, 2.24) is 10.3 Å². The molecule has 0 unspecified atom stereocenters. The molecule has 1 aromatic heterocycles. The quantitative estimate of drug-likeness (QED) is 0.812. The summed E-state index contributed by atoms with van der Waals surface area (Å²) in [5, 5.41) is 3.33. The Labute approximate surface area is 122 Å². The first kappa shape index (κ1) is 14.0. The molecule has 1 heterocycles. The van der Waals surface area contributed by atoms with E-state index in [1.54, 1.807) is 0 Å². The summed E-state index contributed by atoms with van der Waals surface area (Å²) < 4.78 is 6.75. The molecule has 19 heavy (non-hydrogen) atoms. The van der Waals surface area contributed by atoms with Crippen molar-refractivity contribution in [3.05, 3.63) is 52.6 Å². The van der Waals surface area contributed by atoms with Gasteiger partial charge in [-0.1, -0.05) is 28.9 Å². The van der Waals surface area contributed by atoms with Crippen molar-refractivity contribution in [3.8, 4) is 11.6 Å². The number of hydrogen-bond acceptors (Lipinski definition) is 3. The molecular weight excluding hydrogens is 304 g/mol. The second-order valence-corrected chi connectivity index (χ2v) is 5.12. The highest BCUT2D eigenvalue weighted by Crippen LogP contribution is 2.21. The fraction of sp³-hybridized carbons (Fsp3) is 0.267. The van der Waals surface area contributed by atoms with Gasteiger partial charge in [-0.3, -0.25) is 0 Å². The average Bonchev–Trinajstić information content (AvgIpc) is 2.42. The molecule has 0 aliphatic rings. The maximum Gasteiger partial charge on any atom is 0.219 e. The second kappa shape index (κ2) is 7.26. The predicted octanol–water partition coefficient (Wildman–Crippen LogP) is 4.14. The first-order chi connectivity index (χ1) is 9.28. The minimum absolute atomic E-state index is 0.623. The van der Waals surface area contributed by atoms with Crippen LogP contribution in [-0.2, 0) is 6.54 Å². The zero-order valence-corrected chi connectivity index (χ0v) is 12.5. The van der Waals surface area contributed by atoms with Gasteiger partial charge >= 0.3 is 0 Å². The van der Waals surface area contributed by atoms with Crippen LogP contribution in [0, 0.1) is 0 Å². The van der Waals surface area contributed by atoms with E-state index in [9.17, 15) is 0 Å². The van der Waals surface area contributed by atoms with Crippen molar-refractivity contribution < 1.29 is 4.74 Å². The van der Waals surface area contributed by atoms with Gasteiger partial charge in [0.25, 0.3) is 0 Å². The molecule has 2 aromatic rings. The summed E-state index contributed by atoms with van der Waals surface area (Å²) >= 11 is 3.40. The van der Waals surface area contributed by atoms with Crippen LogP contribution in [0.5, 0.6) is 11.6 Å². The highest BCUT2D eigenvalue weighted by atomic mass is 79.9. The summed E-state index contributed by atoms with van der Waals surface area (Å²) in [5.74, 6) is 1.41. The van der Waals surface area contributed by atoms with Crippen LogP contribution in [0.25, 0.3) is 0 Å². The third-order valence-electron chi connectivity index (χ3n) is 2.55. The minimum Gasteiger partial charge on any atom is -0.439 e. The number of aromatic nitrogens is 1. The molecule has 1 aromatic carbocycles. The maximum absolute atomic E-state index is 5.72. The molecular formula is C15H17BrN2O. The van der Waals surface area contributed by atoms with E-state index >= 15 is 0 Å². The lowest BCUT2D eigenvalue weighted by molar-refractivity contribution is 0.459. The summed E-state index contributed by atoms with van der Waals surface area (Å²) in [6, 6.07) is 13.5. The van der Waals surface area contributed by atoms with Crippen molar-refractivity contribution in [2.45, 2.75) is 19.9 Å². The van der Waals surface area contributed by atoms with Gasteiger partial charge in [0, 0.05) is 17.1 Å². The number of nitrogens with one attached hydrogen (secondary N) is 1. The molecule has 2 rings (SSSR count). The molecule has 0 aliphatic carbocycles. The van der Waals surface area contributed by atoms with Crippen LogP contribution in [0.4, 0.5) is 0 Å². The van der Waals surface area contributed by atoms with Crippen molar-refractivity contribution in [3.63, 3.8) is 0 Å². The Morgan fingerprint density at radius 1 is 1.16 bits per heavy atom. The molecule has 4 heteroatoms. The van der Waals surface area contributed by atoms with Crippen LogP contribution in [0.15, 0.2) is 46.9 Å². The zero-order chi connectivity index (χ0) is 13.5. The molecule has 0 saturated carbocycles. The predicted molar refractivity (Wildman–Crippen MR) is 80.5 cm³/mol. The fourth-order valence-electron chi connectivity index (χ4n) is 1.63. The van der Waals surface area contributed by atoms with Gasteiger partial charge in [-0.25, -0.2) is 4.98 Å². The number of halogens is 1. The van der Waals surface area contributed by atoms with Gasteiger partial charge < -0.3 is 10.1 Å². The fourth-order valence-corrected chi connectivity index (χ4v) is 1.89. The van der Waals surface area contributed by atoms with Gasteiger partial charge in [0.05, 0.1) is 5.69 Å². The van der Waals surface area contributed by atoms with E-state index in [1.807, 2.05) is 42.5 Å². The number of benzene rings is 1. The smallest absolute Gasteiger partial charge is 0.219 e. The lowest BCUT2D eigenvalue weighted by atomic mass is 10.3. The highest BCUT2D eigenvalue weighted by molar-refractivity contribution is 9.10. The molecule has 0 amide bonds. The monoisotopic (exact) mass is 320 g/mol. The van der Waals surface area contributed by atoms with Crippen molar-refractivity contribution in [1.29, 1.82) is 0 Å². The molecule has 0 atom stereocenters. The zero-order valence-electron chi connectivity index (χ0n) is 10.9. The highest BCUT2D eigenvalue weighted by Gasteiger charge is 2.00. The molecule has 1 N–H and O–H groups in total. The molecule has 0 fully saturated rings. The van der Waals surface area contributed by atoms with Crippen LogP contribution in [-0.4, -0.2) is 11.5 Å². The molecule has 3 nitrogen and oxygen atoms in total. The maximum atomic E-state index is 5.72. The first-order valence-electron chi connectivity index (χ1n) is 6.38. The Balaban J connectivity index is 2.00. The van der Waals surface area contributed by atoms with Crippen LogP contribution in [0.3, 0.4) is 0 Å². The van der Waals surface area contributed by atoms with Crippen molar-refractivity contribution in [2.24, 2.45) is 0 Å². The van der Waals surface area contributed by atoms with Crippen LogP contribution < -0.4 is 10.1 Å². The number of nitrogens with zero attached hydrogens (tertiary/aromatic N) is 1. The normalized spacial score (nSPS) is 10.4. The van der Waals surface area contributed by atoms with Gasteiger partial charge in [0.2, 0.25) is 5.88 Å². The van der Waals surface area contributed by atoms with E-state index in [1.165, 1.54) is 0 Å². The van der Waals surface area contributed by atoms with Gasteiger partial charge in [0.15, 0.2) is 0 Å². The average molecular weight is 321 g/mol. The number of hydrogen-bond donors (Lipinski definition) is 1. The summed E-state index contributed by atoms with van der Waals surface area (Å²) in [5.41, 5.74) is 0.989. The molecule has 100 valence electrons. The Kier molecular flexibility index (Phi) is 5.36. The largest absolute Gasteiger partial charge is 0.439 e. The van der Waals surface area contributed by atoms with Gasteiger partial charge in [-0.15, -0.1) is 0 Å². The van der Waals surface area contributed by atoms with E-state index in [4.69, 9.17) is 4.74 Å². The summed E-state index contributed by atoms with van der Waals surface area (Å²) in [7, 11) is 0. The van der Waals surface area contributed by atoms with Crippen LogP contribution in [0.1, 0.15) is 19.0 Å². The third-order valence-corrected chi connectivity index (χ3v) is 3.08. The van der Waals surface area contributed by atoms with Crippen molar-refractivity contribution in [2.75, 3.05) is 6.54 Å². The Morgan fingerprint density at radius 3 is 2.68 bits per heavy atom. The molecule has 0 spiro atoms. The summed E-state index contributed by atoms with van der Waals surface area (Å²) in [6.45, 7) is 3.92. The van der Waals surface area contributed by atoms with E-state index in [2.05, 4.69) is 33.2 Å². The minimum atomic E-state index is 0.623. The van der Waals surface area contributed by atoms with Crippen LogP contribution in [0.2, 0.25) is 0 Å². The Morgan fingerprint density at radius 2 is 1.95 bits per heavy atom. The topological polar surface area (TPSA) is 34.1 Å². The molecule has 0 aliphatic heterocycles. The molecule has 0 bridgehead atoms. The number of pyridine rings is 1. The van der Waals surface area contributed by atoms with E-state index in [0.717, 1.165) is 35.4 Å². The number of ether oxygens (including phenoxy) is 1.